The van der Waals surface area contributed by atoms with E-state index in [1.165, 1.54) is 16.0 Å². The van der Waals surface area contributed by atoms with Crippen molar-refractivity contribution in [1.29, 1.82) is 0 Å². The van der Waals surface area contributed by atoms with Crippen LogP contribution in [0.3, 0.4) is 0 Å². The number of thiophene rings is 1. The zero-order valence-electron chi connectivity index (χ0n) is 18.9. The van der Waals surface area contributed by atoms with Gasteiger partial charge in [-0.1, -0.05) is 11.6 Å². The summed E-state index contributed by atoms with van der Waals surface area (Å²) in [7, 11) is 1.61. The van der Waals surface area contributed by atoms with E-state index in [4.69, 9.17) is 25.5 Å². The molecule has 0 saturated carbocycles. The minimum Gasteiger partial charge on any atom is -0.491 e. The third kappa shape index (κ3) is 5.81. The standard InChI is InChI=1S/C25H27ClN2O5S/c1-31-13-3-11-27(25(30)22-4-2-14-32-22)16-24(29)28-12-9-23-20(10-15-34-23)21(28)17-33-19-7-5-18(26)6-8-19/h2,4-8,10,14-15,21H,3,9,11-13,16-17H2,1H3/t21-/m0/s1. The lowest BCUT2D eigenvalue weighted by Crippen LogP contribution is -2.48. The molecule has 0 aliphatic carbocycles. The van der Waals surface area contributed by atoms with Crippen LogP contribution in [0.15, 0.2) is 58.5 Å². The van der Waals surface area contributed by atoms with Crippen LogP contribution in [0.25, 0.3) is 0 Å². The molecule has 4 rings (SSSR count). The second-order valence-electron chi connectivity index (χ2n) is 7.97. The molecule has 0 spiro atoms. The van der Waals surface area contributed by atoms with Gasteiger partial charge in [0.15, 0.2) is 5.76 Å². The van der Waals surface area contributed by atoms with Crippen molar-refractivity contribution in [2.24, 2.45) is 0 Å². The molecule has 1 aromatic carbocycles. The average Bonchev–Trinajstić information content (AvgIpc) is 3.55. The van der Waals surface area contributed by atoms with Crippen molar-refractivity contribution in [2.45, 2.75) is 18.9 Å². The van der Waals surface area contributed by atoms with Crippen LogP contribution in [0.1, 0.15) is 33.5 Å². The van der Waals surface area contributed by atoms with Crippen molar-refractivity contribution >= 4 is 34.8 Å². The SMILES string of the molecule is COCCCN(CC(=O)N1CCc2sccc2[C@@H]1COc1ccc(Cl)cc1)C(=O)c1ccco1. The van der Waals surface area contributed by atoms with Crippen LogP contribution >= 0.6 is 22.9 Å². The Bertz CT molecular complexity index is 1080. The van der Waals surface area contributed by atoms with Crippen LogP contribution in [-0.4, -0.2) is 61.6 Å². The average molecular weight is 503 g/mol. The fourth-order valence-corrected chi connectivity index (χ4v) is 5.10. The second kappa shape index (κ2) is 11.6. The first-order valence-corrected chi connectivity index (χ1v) is 12.4. The number of amides is 2. The molecule has 2 amide bonds. The van der Waals surface area contributed by atoms with Gasteiger partial charge in [0, 0.05) is 36.7 Å². The van der Waals surface area contributed by atoms with E-state index in [0.29, 0.717) is 43.5 Å². The van der Waals surface area contributed by atoms with Gasteiger partial charge in [0.1, 0.15) is 18.9 Å². The Balaban J connectivity index is 1.50. The maximum atomic E-state index is 13.5. The normalized spacial score (nSPS) is 15.1. The number of hydrogen-bond donors (Lipinski definition) is 0. The minimum absolute atomic E-state index is 0.0415. The first-order valence-electron chi connectivity index (χ1n) is 11.1. The lowest BCUT2D eigenvalue weighted by Gasteiger charge is -2.37. The van der Waals surface area contributed by atoms with Gasteiger partial charge >= 0.3 is 0 Å². The molecule has 1 aliphatic heterocycles. The first kappa shape index (κ1) is 24.3. The van der Waals surface area contributed by atoms with Crippen LogP contribution in [0, 0.1) is 0 Å². The molecule has 9 heteroatoms. The summed E-state index contributed by atoms with van der Waals surface area (Å²) in [6, 6.07) is 12.3. The summed E-state index contributed by atoms with van der Waals surface area (Å²) in [5.41, 5.74) is 1.10. The molecule has 0 fully saturated rings. The van der Waals surface area contributed by atoms with E-state index in [0.717, 1.165) is 12.0 Å². The van der Waals surface area contributed by atoms with E-state index in [2.05, 4.69) is 6.07 Å². The molecule has 180 valence electrons. The maximum absolute atomic E-state index is 13.5. The van der Waals surface area contributed by atoms with Crippen molar-refractivity contribution in [3.05, 3.63) is 75.3 Å². The molecule has 0 unspecified atom stereocenters. The molecular formula is C25H27ClN2O5S. The van der Waals surface area contributed by atoms with Gasteiger partial charge in [0.25, 0.3) is 5.91 Å². The fourth-order valence-electron chi connectivity index (χ4n) is 4.04. The predicted molar refractivity (Wildman–Crippen MR) is 131 cm³/mol. The Morgan fingerprint density at radius 1 is 1.24 bits per heavy atom. The summed E-state index contributed by atoms with van der Waals surface area (Å²) in [4.78, 5) is 31.1. The fraction of sp³-hybridized carbons (Fsp3) is 0.360. The van der Waals surface area contributed by atoms with Gasteiger partial charge in [-0.25, -0.2) is 0 Å². The van der Waals surface area contributed by atoms with Crippen LogP contribution < -0.4 is 4.74 Å². The first-order chi connectivity index (χ1) is 16.6. The molecule has 3 heterocycles. The maximum Gasteiger partial charge on any atom is 0.290 e. The van der Waals surface area contributed by atoms with Crippen molar-refractivity contribution in [1.82, 2.24) is 9.80 Å². The van der Waals surface area contributed by atoms with Crippen molar-refractivity contribution in [3.63, 3.8) is 0 Å². The Labute approximate surface area is 207 Å². The van der Waals surface area contributed by atoms with E-state index in [-0.39, 0.29) is 30.2 Å². The molecule has 0 bridgehead atoms. The summed E-state index contributed by atoms with van der Waals surface area (Å²) in [6.07, 6.45) is 2.86. The quantitative estimate of drug-likeness (QED) is 0.376. The molecule has 0 saturated heterocycles. The van der Waals surface area contributed by atoms with Gasteiger partial charge < -0.3 is 23.7 Å². The Morgan fingerprint density at radius 2 is 2.06 bits per heavy atom. The molecule has 7 nitrogen and oxygen atoms in total. The van der Waals surface area contributed by atoms with Gasteiger partial charge in [-0.05, 0) is 66.2 Å². The molecule has 0 N–H and O–H groups in total. The highest BCUT2D eigenvalue weighted by molar-refractivity contribution is 7.10. The smallest absolute Gasteiger partial charge is 0.290 e. The number of fused-ring (bicyclic) bond motifs is 1. The Morgan fingerprint density at radius 3 is 2.79 bits per heavy atom. The number of rotatable bonds is 10. The number of carbonyl (C=O) groups is 2. The predicted octanol–water partition coefficient (Wildman–Crippen LogP) is 4.68. The monoisotopic (exact) mass is 502 g/mol. The number of hydrogen-bond acceptors (Lipinski definition) is 6. The van der Waals surface area contributed by atoms with Crippen molar-refractivity contribution in [3.8, 4) is 5.75 Å². The lowest BCUT2D eigenvalue weighted by atomic mass is 10.0. The summed E-state index contributed by atoms with van der Waals surface area (Å²) < 4.78 is 16.5. The van der Waals surface area contributed by atoms with Crippen molar-refractivity contribution in [2.75, 3.05) is 40.0 Å². The number of carbonyl (C=O) groups excluding carboxylic acids is 2. The summed E-state index contributed by atoms with van der Waals surface area (Å²) in [5, 5.41) is 2.68. The van der Waals surface area contributed by atoms with E-state index >= 15 is 0 Å². The van der Waals surface area contributed by atoms with E-state index in [1.807, 2.05) is 22.4 Å². The van der Waals surface area contributed by atoms with Crippen LogP contribution in [-0.2, 0) is 16.0 Å². The molecule has 1 atom stereocenters. The van der Waals surface area contributed by atoms with Crippen molar-refractivity contribution < 1.29 is 23.5 Å². The van der Waals surface area contributed by atoms with Gasteiger partial charge in [0.2, 0.25) is 5.91 Å². The van der Waals surface area contributed by atoms with E-state index in [9.17, 15) is 9.59 Å². The van der Waals surface area contributed by atoms with E-state index in [1.54, 1.807) is 42.7 Å². The number of nitrogens with zero attached hydrogens (tertiary/aromatic N) is 2. The topological polar surface area (TPSA) is 72.2 Å². The number of halogens is 1. The second-order valence-corrected chi connectivity index (χ2v) is 9.40. The minimum atomic E-state index is -0.309. The van der Waals surface area contributed by atoms with Gasteiger partial charge in [-0.15, -0.1) is 11.3 Å². The highest BCUT2D eigenvalue weighted by Gasteiger charge is 2.34. The van der Waals surface area contributed by atoms with Gasteiger partial charge in [-0.3, -0.25) is 9.59 Å². The summed E-state index contributed by atoms with van der Waals surface area (Å²) in [5.74, 6) is 0.468. The van der Waals surface area contributed by atoms with E-state index < -0.39 is 0 Å². The third-order valence-corrected chi connectivity index (χ3v) is 7.01. The lowest BCUT2D eigenvalue weighted by molar-refractivity contribution is -0.135. The summed E-state index contributed by atoms with van der Waals surface area (Å²) in [6.45, 7) is 1.73. The molecule has 2 aromatic heterocycles. The van der Waals surface area contributed by atoms with Crippen LogP contribution in [0.5, 0.6) is 5.75 Å². The molecular weight excluding hydrogens is 476 g/mol. The third-order valence-electron chi connectivity index (χ3n) is 5.76. The van der Waals surface area contributed by atoms with Crippen LogP contribution in [0.2, 0.25) is 5.02 Å². The molecule has 0 radical (unpaired) electrons. The number of benzene rings is 1. The largest absolute Gasteiger partial charge is 0.491 e. The number of methoxy groups -OCH3 is 1. The number of ether oxygens (including phenoxy) is 2. The van der Waals surface area contributed by atoms with Gasteiger partial charge in [0.05, 0.1) is 12.3 Å². The number of furan rings is 1. The highest BCUT2D eigenvalue weighted by atomic mass is 35.5. The molecule has 3 aromatic rings. The highest BCUT2D eigenvalue weighted by Crippen LogP contribution is 2.34. The van der Waals surface area contributed by atoms with Gasteiger partial charge in [-0.2, -0.15) is 0 Å². The zero-order valence-corrected chi connectivity index (χ0v) is 20.5. The Kier molecular flexibility index (Phi) is 8.26. The van der Waals surface area contributed by atoms with Crippen LogP contribution in [0.4, 0.5) is 0 Å². The molecule has 34 heavy (non-hydrogen) atoms. The summed E-state index contributed by atoms with van der Waals surface area (Å²) >= 11 is 7.68. The molecule has 1 aliphatic rings. The zero-order chi connectivity index (χ0) is 23.9. The Hall–Kier alpha value is -2.81.